The third-order valence-electron chi connectivity index (χ3n) is 12.3. The monoisotopic (exact) mass is 850 g/mol. The van der Waals surface area contributed by atoms with E-state index >= 15 is 0 Å². The highest BCUT2D eigenvalue weighted by molar-refractivity contribution is 7.26. The first-order valence-corrected chi connectivity index (χ1v) is 22.8. The third kappa shape index (κ3) is 6.78. The number of rotatable bonds is 10. The maximum Gasteiger partial charge on any atom is 0.0661 e. The minimum absolute atomic E-state index is 1.07. The highest BCUT2D eigenvalue weighted by Gasteiger charge is 2.26. The van der Waals surface area contributed by atoms with Gasteiger partial charge in [-0.15, -0.1) is 11.3 Å². The van der Waals surface area contributed by atoms with Crippen molar-refractivity contribution in [2.45, 2.75) is 0 Å². The smallest absolute Gasteiger partial charge is 0.0661 e. The summed E-state index contributed by atoms with van der Waals surface area (Å²) in [4.78, 5) is 7.25. The quantitative estimate of drug-likeness (QED) is 0.136. The van der Waals surface area contributed by atoms with Crippen molar-refractivity contribution in [3.8, 4) is 5.69 Å². The predicted molar refractivity (Wildman–Crippen MR) is 278 cm³/mol. The Bertz CT molecular complexity index is 3510. The van der Waals surface area contributed by atoms with E-state index in [4.69, 9.17) is 0 Å². The zero-order chi connectivity index (χ0) is 43.1. The Labute approximate surface area is 382 Å². The summed E-state index contributed by atoms with van der Waals surface area (Å²) in [5.74, 6) is 0. The van der Waals surface area contributed by atoms with Crippen molar-refractivity contribution in [2.75, 3.05) is 14.7 Å². The van der Waals surface area contributed by atoms with E-state index < -0.39 is 0 Å². The van der Waals surface area contributed by atoms with Gasteiger partial charge in [0.1, 0.15) is 0 Å². The zero-order valence-electron chi connectivity index (χ0n) is 35.4. The van der Waals surface area contributed by atoms with Gasteiger partial charge in [-0.05, 0) is 115 Å². The van der Waals surface area contributed by atoms with Crippen LogP contribution in [-0.2, 0) is 0 Å². The molecule has 0 amide bonds. The van der Waals surface area contributed by atoms with Gasteiger partial charge in [0.25, 0.3) is 0 Å². The van der Waals surface area contributed by atoms with Crippen LogP contribution in [0.3, 0.4) is 0 Å². The number of para-hydroxylation sites is 7. The summed E-state index contributed by atoms with van der Waals surface area (Å²) in [6, 6.07) is 91.8. The molecular formula is C60H42N4S. The van der Waals surface area contributed by atoms with E-state index in [0.717, 1.165) is 62.4 Å². The van der Waals surface area contributed by atoms with Crippen LogP contribution in [0.2, 0.25) is 0 Å². The Hall–Kier alpha value is -8.38. The lowest BCUT2D eigenvalue weighted by molar-refractivity contribution is 1.18. The van der Waals surface area contributed by atoms with Crippen molar-refractivity contribution in [3.05, 3.63) is 255 Å². The average Bonchev–Trinajstić information content (AvgIpc) is 3.92. The predicted octanol–water partition coefficient (Wildman–Crippen LogP) is 17.6. The van der Waals surface area contributed by atoms with E-state index in [1.54, 1.807) is 0 Å². The summed E-state index contributed by atoms with van der Waals surface area (Å²) in [7, 11) is 0. The molecule has 0 aliphatic heterocycles. The summed E-state index contributed by atoms with van der Waals surface area (Å²) in [5.41, 5.74) is 13.3. The summed E-state index contributed by atoms with van der Waals surface area (Å²) in [6.07, 6.45) is 0. The molecule has 0 aliphatic rings. The van der Waals surface area contributed by atoms with Crippen molar-refractivity contribution in [1.29, 1.82) is 0 Å². The second kappa shape index (κ2) is 16.4. The number of nitrogens with zero attached hydrogens (tertiary/aromatic N) is 4. The molecule has 5 heteroatoms. The summed E-state index contributed by atoms with van der Waals surface area (Å²) < 4.78 is 4.82. The van der Waals surface area contributed by atoms with Crippen LogP contribution < -0.4 is 14.7 Å². The molecule has 2 heterocycles. The lowest BCUT2D eigenvalue weighted by atomic mass is 10.0. The van der Waals surface area contributed by atoms with Gasteiger partial charge >= 0.3 is 0 Å². The van der Waals surface area contributed by atoms with E-state index in [2.05, 4.69) is 274 Å². The van der Waals surface area contributed by atoms with Gasteiger partial charge in [0.2, 0.25) is 0 Å². The molecule has 2 aromatic heterocycles. The number of hydrogen-bond donors (Lipinski definition) is 0. The Morgan fingerprint density at radius 3 is 1.34 bits per heavy atom. The van der Waals surface area contributed by atoms with Gasteiger partial charge in [0, 0.05) is 71.7 Å². The lowest BCUT2D eigenvalue weighted by Crippen LogP contribution is -2.13. The first-order chi connectivity index (χ1) is 32.3. The van der Waals surface area contributed by atoms with Gasteiger partial charge in [-0.25, -0.2) is 0 Å². The molecule has 0 fully saturated rings. The fourth-order valence-electron chi connectivity index (χ4n) is 9.50. The molecule has 0 saturated heterocycles. The molecule has 12 aromatic rings. The lowest BCUT2D eigenvalue weighted by Gasteiger charge is -2.30. The number of hydrogen-bond acceptors (Lipinski definition) is 4. The number of benzene rings is 10. The Balaban J connectivity index is 1.17. The molecule has 0 atom stereocenters. The van der Waals surface area contributed by atoms with E-state index in [0.29, 0.717) is 0 Å². The number of anilines is 9. The molecule has 308 valence electrons. The second-order valence-corrected chi connectivity index (χ2v) is 17.2. The molecule has 0 bridgehead atoms. The maximum atomic E-state index is 2.45. The Kier molecular flexibility index (Phi) is 9.66. The average molecular weight is 851 g/mol. The van der Waals surface area contributed by atoms with Crippen LogP contribution >= 0.6 is 11.3 Å². The molecule has 0 N–H and O–H groups in total. The van der Waals surface area contributed by atoms with E-state index in [1.165, 1.54) is 36.5 Å². The third-order valence-corrected chi connectivity index (χ3v) is 13.5. The Morgan fingerprint density at radius 1 is 0.292 bits per heavy atom. The van der Waals surface area contributed by atoms with Gasteiger partial charge in [0.05, 0.1) is 27.1 Å². The molecule has 0 spiro atoms. The van der Waals surface area contributed by atoms with Gasteiger partial charge in [-0.1, -0.05) is 140 Å². The van der Waals surface area contributed by atoms with Crippen LogP contribution in [-0.4, -0.2) is 4.57 Å². The standard InChI is InChI=1S/C60H42N4S/c1-7-22-43(23-8-1)61(44-24-9-2-10-25-44)50-40-53-59-55(36-21-37-58(59)65-60(53)57(42-50)62(45-26-11-3-12-27-45)46-28-13-4-14-29-46)63(47-30-15-5-16-31-47)49-38-39-52-51-34-19-20-35-54(51)64(56(52)41-49)48-32-17-6-18-33-48/h1-42H. The van der Waals surface area contributed by atoms with Crippen LogP contribution in [0.1, 0.15) is 0 Å². The van der Waals surface area contributed by atoms with Crippen molar-refractivity contribution in [2.24, 2.45) is 0 Å². The van der Waals surface area contributed by atoms with Crippen molar-refractivity contribution in [3.63, 3.8) is 0 Å². The van der Waals surface area contributed by atoms with Crippen LogP contribution in [0.15, 0.2) is 255 Å². The van der Waals surface area contributed by atoms with Gasteiger partial charge in [-0.2, -0.15) is 0 Å². The molecule has 12 rings (SSSR count). The first kappa shape index (κ1) is 38.3. The summed E-state index contributed by atoms with van der Waals surface area (Å²) >= 11 is 1.85. The molecule has 0 saturated carbocycles. The Morgan fingerprint density at radius 2 is 0.769 bits per heavy atom. The van der Waals surface area contributed by atoms with Crippen molar-refractivity contribution in [1.82, 2.24) is 4.57 Å². The van der Waals surface area contributed by atoms with Gasteiger partial charge in [-0.3, -0.25) is 0 Å². The minimum Gasteiger partial charge on any atom is -0.310 e. The van der Waals surface area contributed by atoms with E-state index in [9.17, 15) is 0 Å². The fourth-order valence-corrected chi connectivity index (χ4v) is 10.7. The molecule has 0 radical (unpaired) electrons. The van der Waals surface area contributed by atoms with E-state index in [-0.39, 0.29) is 0 Å². The van der Waals surface area contributed by atoms with Crippen LogP contribution in [0.5, 0.6) is 0 Å². The number of thiophene rings is 1. The highest BCUT2D eigenvalue weighted by Crippen LogP contribution is 2.52. The SMILES string of the molecule is c1ccc(N(c2ccccc2)c2cc(N(c3ccccc3)c3ccccc3)c3sc4cccc(N(c5ccccc5)c5ccc6c7ccccc7n(-c7ccccc7)c6c5)c4c3c2)cc1. The van der Waals surface area contributed by atoms with Crippen LogP contribution in [0.25, 0.3) is 47.7 Å². The van der Waals surface area contributed by atoms with Gasteiger partial charge < -0.3 is 19.3 Å². The molecule has 10 aromatic carbocycles. The van der Waals surface area contributed by atoms with Crippen LogP contribution in [0.4, 0.5) is 51.2 Å². The fraction of sp³-hybridized carbons (Fsp3) is 0. The highest BCUT2D eigenvalue weighted by atomic mass is 32.1. The normalized spacial score (nSPS) is 11.4. The van der Waals surface area contributed by atoms with Crippen LogP contribution in [0, 0.1) is 0 Å². The summed E-state index contributed by atoms with van der Waals surface area (Å²) in [6.45, 7) is 0. The van der Waals surface area contributed by atoms with E-state index in [1.807, 2.05) is 11.3 Å². The number of aromatic nitrogens is 1. The maximum absolute atomic E-state index is 2.45. The second-order valence-electron chi connectivity index (χ2n) is 16.2. The molecular weight excluding hydrogens is 809 g/mol. The molecule has 65 heavy (non-hydrogen) atoms. The number of fused-ring (bicyclic) bond motifs is 6. The molecule has 0 unspecified atom stereocenters. The first-order valence-electron chi connectivity index (χ1n) is 22.0. The molecule has 4 nitrogen and oxygen atoms in total. The minimum atomic E-state index is 1.07. The topological polar surface area (TPSA) is 14.7 Å². The molecule has 0 aliphatic carbocycles. The van der Waals surface area contributed by atoms with Crippen molar-refractivity contribution >= 4 is 105 Å². The van der Waals surface area contributed by atoms with Crippen molar-refractivity contribution < 1.29 is 0 Å². The summed E-state index contributed by atoms with van der Waals surface area (Å²) in [5, 5.41) is 4.84. The zero-order valence-corrected chi connectivity index (χ0v) is 36.3. The van der Waals surface area contributed by atoms with Gasteiger partial charge in [0.15, 0.2) is 0 Å². The largest absolute Gasteiger partial charge is 0.310 e.